The van der Waals surface area contributed by atoms with E-state index in [9.17, 15) is 9.59 Å². The summed E-state index contributed by atoms with van der Waals surface area (Å²) in [4.78, 5) is 31.0. The molecule has 1 aliphatic heterocycles. The topological polar surface area (TPSA) is 59.1 Å². The Morgan fingerprint density at radius 3 is 2.40 bits per heavy atom. The maximum Gasteiger partial charge on any atom is 0.410 e. The zero-order valence-corrected chi connectivity index (χ0v) is 13.4. The van der Waals surface area contributed by atoms with Gasteiger partial charge in [-0.05, 0) is 40.5 Å². The third kappa shape index (κ3) is 4.10. The molecule has 6 heteroatoms. The summed E-state index contributed by atoms with van der Waals surface area (Å²) in [5, 5.41) is 1.22. The number of hydrogen-bond donors (Lipinski definition) is 0. The molecule has 0 unspecified atom stereocenters. The third-order valence-corrected chi connectivity index (χ3v) is 3.42. The van der Waals surface area contributed by atoms with Gasteiger partial charge in [0.2, 0.25) is 0 Å². The zero-order valence-electron chi connectivity index (χ0n) is 13.4. The number of hydroxylamine groups is 2. The molecule has 0 spiro atoms. The van der Waals surface area contributed by atoms with Gasteiger partial charge in [0.05, 0.1) is 12.5 Å². The Bertz CT molecular complexity index is 378. The predicted octanol–water partition coefficient (Wildman–Crippen LogP) is 2.04. The molecule has 0 radical (unpaired) electrons. The van der Waals surface area contributed by atoms with E-state index in [0.29, 0.717) is 13.1 Å². The van der Waals surface area contributed by atoms with Crippen molar-refractivity contribution in [1.82, 2.24) is 9.96 Å². The van der Waals surface area contributed by atoms with E-state index in [1.165, 1.54) is 12.2 Å². The van der Waals surface area contributed by atoms with E-state index in [2.05, 4.69) is 0 Å². The van der Waals surface area contributed by atoms with Crippen LogP contribution in [0, 0.1) is 5.41 Å². The minimum atomic E-state index is -0.625. The Morgan fingerprint density at radius 2 is 1.90 bits per heavy atom. The second-order valence-electron chi connectivity index (χ2n) is 6.55. The Morgan fingerprint density at radius 1 is 1.30 bits per heavy atom. The number of ether oxygens (including phenoxy) is 1. The average molecular weight is 286 g/mol. The molecule has 0 bridgehead atoms. The maximum absolute atomic E-state index is 12.3. The van der Waals surface area contributed by atoms with E-state index in [-0.39, 0.29) is 12.0 Å². The van der Waals surface area contributed by atoms with E-state index in [4.69, 9.17) is 9.57 Å². The van der Waals surface area contributed by atoms with Crippen LogP contribution in [0.15, 0.2) is 0 Å². The molecule has 1 aliphatic rings. The molecule has 1 atom stereocenters. The summed E-state index contributed by atoms with van der Waals surface area (Å²) >= 11 is 0. The van der Waals surface area contributed by atoms with Crippen LogP contribution in [0.4, 0.5) is 4.79 Å². The first kappa shape index (κ1) is 16.8. The predicted molar refractivity (Wildman–Crippen MR) is 74.9 cm³/mol. The quantitative estimate of drug-likeness (QED) is 0.729. The SMILES string of the molecule is CON(C)C(=O)[C@@]1(C)CCCN(C(=O)OC(C)(C)C)C1. The summed E-state index contributed by atoms with van der Waals surface area (Å²) in [5.41, 5.74) is -1.15. The molecule has 20 heavy (non-hydrogen) atoms. The van der Waals surface area contributed by atoms with Gasteiger partial charge in [-0.2, -0.15) is 0 Å². The van der Waals surface area contributed by atoms with Gasteiger partial charge in [-0.15, -0.1) is 0 Å². The van der Waals surface area contributed by atoms with Crippen LogP contribution in [-0.2, 0) is 14.4 Å². The van der Waals surface area contributed by atoms with Crippen LogP contribution in [-0.4, -0.2) is 54.8 Å². The minimum Gasteiger partial charge on any atom is -0.444 e. The van der Waals surface area contributed by atoms with Crippen LogP contribution in [0.5, 0.6) is 0 Å². The normalized spacial score (nSPS) is 23.4. The van der Waals surface area contributed by atoms with Gasteiger partial charge in [0.15, 0.2) is 0 Å². The van der Waals surface area contributed by atoms with Crippen LogP contribution in [0.2, 0.25) is 0 Å². The second kappa shape index (κ2) is 5.99. The lowest BCUT2D eigenvalue weighted by Gasteiger charge is -2.40. The highest BCUT2D eigenvalue weighted by Crippen LogP contribution is 2.32. The van der Waals surface area contributed by atoms with Gasteiger partial charge >= 0.3 is 6.09 Å². The van der Waals surface area contributed by atoms with Crippen LogP contribution >= 0.6 is 0 Å². The fraction of sp³-hybridized carbons (Fsp3) is 0.857. The molecule has 0 aromatic heterocycles. The van der Waals surface area contributed by atoms with Crippen molar-refractivity contribution in [3.05, 3.63) is 0 Å². The van der Waals surface area contributed by atoms with Gasteiger partial charge < -0.3 is 9.64 Å². The molecule has 1 heterocycles. The summed E-state index contributed by atoms with van der Waals surface area (Å²) in [5.74, 6) is -0.117. The van der Waals surface area contributed by atoms with Crippen LogP contribution in [0.1, 0.15) is 40.5 Å². The lowest BCUT2D eigenvalue weighted by Crippen LogP contribution is -2.52. The van der Waals surface area contributed by atoms with Crippen molar-refractivity contribution in [2.45, 2.75) is 46.1 Å². The number of hydrogen-bond acceptors (Lipinski definition) is 4. The molecule has 1 rings (SSSR count). The van der Waals surface area contributed by atoms with Crippen molar-refractivity contribution in [2.75, 3.05) is 27.2 Å². The molecule has 6 nitrogen and oxygen atoms in total. The first-order chi connectivity index (χ1) is 9.09. The van der Waals surface area contributed by atoms with Gasteiger partial charge in [0.25, 0.3) is 5.91 Å². The zero-order chi connectivity index (χ0) is 15.6. The molecular weight excluding hydrogens is 260 g/mol. The highest BCUT2D eigenvalue weighted by molar-refractivity contribution is 5.82. The number of carbonyl (C=O) groups excluding carboxylic acids is 2. The molecule has 116 valence electrons. The van der Waals surface area contributed by atoms with Crippen molar-refractivity contribution in [3.63, 3.8) is 0 Å². The summed E-state index contributed by atoms with van der Waals surface area (Å²) in [6.07, 6.45) is 1.15. The van der Waals surface area contributed by atoms with Gasteiger partial charge in [-0.1, -0.05) is 0 Å². The molecule has 0 N–H and O–H groups in total. The summed E-state index contributed by atoms with van der Waals surface area (Å²) in [6, 6.07) is 0. The maximum atomic E-state index is 12.3. The van der Waals surface area contributed by atoms with Crippen molar-refractivity contribution in [3.8, 4) is 0 Å². The van der Waals surface area contributed by atoms with Crippen LogP contribution in [0.3, 0.4) is 0 Å². The highest BCUT2D eigenvalue weighted by atomic mass is 16.7. The number of carbonyl (C=O) groups is 2. The largest absolute Gasteiger partial charge is 0.444 e. The molecule has 2 amide bonds. The lowest BCUT2D eigenvalue weighted by atomic mass is 9.81. The Balaban J connectivity index is 2.75. The molecule has 1 saturated heterocycles. The number of likely N-dealkylation sites (tertiary alicyclic amines) is 1. The van der Waals surface area contributed by atoms with Crippen LogP contribution < -0.4 is 0 Å². The first-order valence-corrected chi connectivity index (χ1v) is 6.89. The van der Waals surface area contributed by atoms with Gasteiger partial charge in [-0.25, -0.2) is 9.86 Å². The summed E-state index contributed by atoms with van der Waals surface area (Å²) in [7, 11) is 3.04. The number of rotatable bonds is 2. The van der Waals surface area contributed by atoms with E-state index >= 15 is 0 Å². The van der Waals surface area contributed by atoms with Crippen molar-refractivity contribution < 1.29 is 19.2 Å². The smallest absolute Gasteiger partial charge is 0.410 e. The molecule has 0 aromatic rings. The molecule has 0 aromatic carbocycles. The minimum absolute atomic E-state index is 0.117. The van der Waals surface area contributed by atoms with Crippen molar-refractivity contribution in [1.29, 1.82) is 0 Å². The third-order valence-electron chi connectivity index (χ3n) is 3.42. The Kier molecular flexibility index (Phi) is 5.02. The van der Waals surface area contributed by atoms with Gasteiger partial charge in [-0.3, -0.25) is 9.63 Å². The van der Waals surface area contributed by atoms with E-state index in [0.717, 1.165) is 12.8 Å². The number of piperidine rings is 1. The van der Waals surface area contributed by atoms with E-state index < -0.39 is 11.0 Å². The molecule has 1 fully saturated rings. The number of nitrogens with zero attached hydrogens (tertiary/aromatic N) is 2. The second-order valence-corrected chi connectivity index (χ2v) is 6.55. The number of amides is 2. The standard InChI is InChI=1S/C14H26N2O4/c1-13(2,3)20-12(18)16-9-7-8-14(4,10-16)11(17)15(5)19-6/h7-10H2,1-6H3/t14-/m0/s1. The fourth-order valence-corrected chi connectivity index (χ4v) is 2.36. The summed E-state index contributed by atoms with van der Waals surface area (Å²) in [6.45, 7) is 8.33. The van der Waals surface area contributed by atoms with E-state index in [1.807, 2.05) is 27.7 Å². The van der Waals surface area contributed by atoms with Gasteiger partial charge in [0, 0.05) is 20.1 Å². The van der Waals surface area contributed by atoms with Crippen molar-refractivity contribution in [2.24, 2.45) is 5.41 Å². The average Bonchev–Trinajstić information content (AvgIpc) is 2.35. The molecule has 0 saturated carbocycles. The summed E-state index contributed by atoms with van der Waals surface area (Å²) < 4.78 is 5.37. The molecule has 0 aliphatic carbocycles. The first-order valence-electron chi connectivity index (χ1n) is 6.89. The van der Waals surface area contributed by atoms with Crippen molar-refractivity contribution >= 4 is 12.0 Å². The highest BCUT2D eigenvalue weighted by Gasteiger charge is 2.42. The Hall–Kier alpha value is -1.30. The van der Waals surface area contributed by atoms with E-state index in [1.54, 1.807) is 11.9 Å². The Labute approximate surface area is 121 Å². The molecular formula is C14H26N2O4. The fourth-order valence-electron chi connectivity index (χ4n) is 2.36. The monoisotopic (exact) mass is 286 g/mol. The lowest BCUT2D eigenvalue weighted by molar-refractivity contribution is -0.182. The van der Waals surface area contributed by atoms with Crippen LogP contribution in [0.25, 0.3) is 0 Å². The van der Waals surface area contributed by atoms with Gasteiger partial charge in [0.1, 0.15) is 5.60 Å².